The number of fused-ring (bicyclic) bond motifs is 1. The molecule has 0 fully saturated rings. The van der Waals surface area contributed by atoms with E-state index in [1.54, 1.807) is 48.8 Å². The average molecular weight is 417 g/mol. The maximum atomic E-state index is 13.3. The SMILES string of the molecule is O=C(NC(Cc1ccc(O)cc1)C(=O)Cc1cccc2cnccc12)c1cccs1. The number of thiophene rings is 1. The van der Waals surface area contributed by atoms with Crippen molar-refractivity contribution < 1.29 is 14.7 Å². The van der Waals surface area contributed by atoms with Crippen molar-refractivity contribution in [1.82, 2.24) is 10.3 Å². The number of amides is 1. The maximum absolute atomic E-state index is 13.3. The number of carbonyl (C=O) groups is 2. The number of nitrogens with one attached hydrogen (secondary N) is 1. The summed E-state index contributed by atoms with van der Waals surface area (Å²) in [7, 11) is 0. The van der Waals surface area contributed by atoms with E-state index in [9.17, 15) is 14.7 Å². The molecule has 4 aromatic rings. The molecule has 0 saturated heterocycles. The van der Waals surface area contributed by atoms with Gasteiger partial charge in [-0.2, -0.15) is 0 Å². The number of Topliss-reactive ketones (excluding diaryl/α,β-unsaturated/α-hetero) is 1. The predicted molar refractivity (Wildman–Crippen MR) is 118 cm³/mol. The summed E-state index contributed by atoms with van der Waals surface area (Å²) < 4.78 is 0. The first kappa shape index (κ1) is 19.8. The van der Waals surface area contributed by atoms with Gasteiger partial charge in [0, 0.05) is 24.2 Å². The molecule has 6 heteroatoms. The highest BCUT2D eigenvalue weighted by molar-refractivity contribution is 7.12. The standard InChI is InChI=1S/C24H20N2O3S/c27-19-8-6-16(7-9-19)13-21(26-24(29)23-5-2-12-30-23)22(28)14-17-3-1-4-18-15-25-11-10-20(17)18/h1-12,15,21,27H,13-14H2,(H,26,29). The van der Waals surface area contributed by atoms with Gasteiger partial charge in [0.05, 0.1) is 10.9 Å². The third-order valence-corrected chi connectivity index (χ3v) is 5.82. The number of aromatic hydroxyl groups is 1. The molecular formula is C24H20N2O3S. The maximum Gasteiger partial charge on any atom is 0.261 e. The van der Waals surface area contributed by atoms with Crippen LogP contribution in [-0.4, -0.2) is 27.8 Å². The number of hydrogen-bond acceptors (Lipinski definition) is 5. The Kier molecular flexibility index (Phi) is 5.86. The molecule has 2 N–H and O–H groups in total. The van der Waals surface area contributed by atoms with E-state index in [1.165, 1.54) is 11.3 Å². The second kappa shape index (κ2) is 8.88. The minimum Gasteiger partial charge on any atom is -0.508 e. The van der Waals surface area contributed by atoms with Gasteiger partial charge >= 0.3 is 0 Å². The number of pyridine rings is 1. The quantitative estimate of drug-likeness (QED) is 0.474. The van der Waals surface area contributed by atoms with Crippen LogP contribution >= 0.6 is 11.3 Å². The Bertz CT molecular complexity index is 1170. The summed E-state index contributed by atoms with van der Waals surface area (Å²) in [5.41, 5.74) is 1.76. The fourth-order valence-electron chi connectivity index (χ4n) is 3.40. The molecule has 1 unspecified atom stereocenters. The van der Waals surface area contributed by atoms with Crippen molar-refractivity contribution >= 4 is 33.8 Å². The van der Waals surface area contributed by atoms with Gasteiger partial charge in [-0.05, 0) is 52.6 Å². The number of aromatic nitrogens is 1. The van der Waals surface area contributed by atoms with E-state index < -0.39 is 6.04 Å². The molecule has 0 saturated carbocycles. The Hall–Kier alpha value is -3.51. The number of benzene rings is 2. The summed E-state index contributed by atoms with van der Waals surface area (Å²) in [4.78, 5) is 30.6. The molecule has 0 radical (unpaired) electrons. The summed E-state index contributed by atoms with van der Waals surface area (Å²) in [6.07, 6.45) is 4.04. The molecule has 30 heavy (non-hydrogen) atoms. The molecule has 1 amide bonds. The second-order valence-corrected chi connectivity index (χ2v) is 7.98. The summed E-state index contributed by atoms with van der Waals surface area (Å²) in [5, 5.41) is 16.2. The van der Waals surface area contributed by atoms with E-state index in [1.807, 2.05) is 29.6 Å². The van der Waals surface area contributed by atoms with Gasteiger partial charge in [-0.3, -0.25) is 14.6 Å². The first-order chi connectivity index (χ1) is 14.6. The zero-order valence-corrected chi connectivity index (χ0v) is 16.9. The Morgan fingerprint density at radius 2 is 1.87 bits per heavy atom. The summed E-state index contributed by atoms with van der Waals surface area (Å²) in [5.74, 6) is -0.171. The van der Waals surface area contributed by atoms with E-state index in [-0.39, 0.29) is 23.9 Å². The van der Waals surface area contributed by atoms with E-state index in [0.717, 1.165) is 21.9 Å². The molecule has 0 aliphatic rings. The van der Waals surface area contributed by atoms with Crippen LogP contribution in [0.2, 0.25) is 0 Å². The molecule has 2 heterocycles. The zero-order valence-electron chi connectivity index (χ0n) is 16.1. The number of hydrogen-bond donors (Lipinski definition) is 2. The number of carbonyl (C=O) groups excluding carboxylic acids is 2. The van der Waals surface area contributed by atoms with Crippen molar-refractivity contribution in [2.45, 2.75) is 18.9 Å². The first-order valence-corrected chi connectivity index (χ1v) is 10.4. The number of nitrogens with zero attached hydrogens (tertiary/aromatic N) is 1. The van der Waals surface area contributed by atoms with Gasteiger partial charge < -0.3 is 10.4 Å². The number of rotatable bonds is 7. The fourth-order valence-corrected chi connectivity index (χ4v) is 4.03. The minimum atomic E-state index is -0.679. The third kappa shape index (κ3) is 4.55. The van der Waals surface area contributed by atoms with Crippen LogP contribution in [0, 0.1) is 0 Å². The summed E-state index contributed by atoms with van der Waals surface area (Å²) in [6, 6.07) is 17.2. The molecule has 1 atom stereocenters. The van der Waals surface area contributed by atoms with Crippen molar-refractivity contribution in [1.29, 1.82) is 0 Å². The fraction of sp³-hybridized carbons (Fsp3) is 0.125. The van der Waals surface area contributed by atoms with Crippen LogP contribution in [0.5, 0.6) is 5.75 Å². The van der Waals surface area contributed by atoms with Crippen LogP contribution in [0.3, 0.4) is 0 Å². The topological polar surface area (TPSA) is 79.3 Å². The van der Waals surface area contributed by atoms with Gasteiger partial charge in [0.2, 0.25) is 0 Å². The van der Waals surface area contributed by atoms with E-state index in [0.29, 0.717) is 11.3 Å². The number of phenols is 1. The highest BCUT2D eigenvalue weighted by atomic mass is 32.1. The lowest BCUT2D eigenvalue weighted by Crippen LogP contribution is -2.43. The highest BCUT2D eigenvalue weighted by Gasteiger charge is 2.23. The lowest BCUT2D eigenvalue weighted by molar-refractivity contribution is -0.120. The number of ketones is 1. The van der Waals surface area contributed by atoms with Gasteiger partial charge in [0.1, 0.15) is 5.75 Å². The van der Waals surface area contributed by atoms with E-state index in [2.05, 4.69) is 10.3 Å². The van der Waals surface area contributed by atoms with Crippen LogP contribution in [0.1, 0.15) is 20.8 Å². The summed E-state index contributed by atoms with van der Waals surface area (Å²) >= 11 is 1.34. The zero-order chi connectivity index (χ0) is 20.9. The number of phenolic OH excluding ortho intramolecular Hbond substituents is 1. The average Bonchev–Trinajstić information content (AvgIpc) is 3.30. The molecule has 150 valence electrons. The Balaban J connectivity index is 1.59. The van der Waals surface area contributed by atoms with Crippen molar-refractivity contribution in [2.75, 3.05) is 0 Å². The van der Waals surface area contributed by atoms with Gasteiger partial charge in [-0.15, -0.1) is 11.3 Å². The van der Waals surface area contributed by atoms with Gasteiger partial charge in [0.25, 0.3) is 5.91 Å². The molecule has 2 aromatic carbocycles. The predicted octanol–water partition coefficient (Wildman–Crippen LogP) is 4.15. The van der Waals surface area contributed by atoms with Crippen LogP contribution in [0.15, 0.2) is 78.4 Å². The highest BCUT2D eigenvalue weighted by Crippen LogP contribution is 2.20. The van der Waals surface area contributed by atoms with Gasteiger partial charge in [-0.25, -0.2) is 0 Å². The Morgan fingerprint density at radius 1 is 1.03 bits per heavy atom. The lowest BCUT2D eigenvalue weighted by atomic mass is 9.95. The van der Waals surface area contributed by atoms with Crippen molar-refractivity contribution in [3.63, 3.8) is 0 Å². The Morgan fingerprint density at radius 3 is 2.63 bits per heavy atom. The monoisotopic (exact) mass is 416 g/mol. The van der Waals surface area contributed by atoms with Crippen molar-refractivity contribution in [2.24, 2.45) is 0 Å². The van der Waals surface area contributed by atoms with E-state index >= 15 is 0 Å². The smallest absolute Gasteiger partial charge is 0.261 e. The van der Waals surface area contributed by atoms with Gasteiger partial charge in [-0.1, -0.05) is 36.4 Å². The molecule has 0 spiro atoms. The van der Waals surface area contributed by atoms with Crippen molar-refractivity contribution in [3.05, 3.63) is 94.4 Å². The lowest BCUT2D eigenvalue weighted by Gasteiger charge is -2.18. The first-order valence-electron chi connectivity index (χ1n) is 9.57. The molecule has 0 aliphatic heterocycles. The second-order valence-electron chi connectivity index (χ2n) is 7.03. The third-order valence-electron chi connectivity index (χ3n) is 4.95. The molecule has 2 aromatic heterocycles. The van der Waals surface area contributed by atoms with E-state index in [4.69, 9.17) is 0 Å². The Labute approximate surface area is 178 Å². The molecule has 0 bridgehead atoms. The van der Waals surface area contributed by atoms with Gasteiger partial charge in [0.15, 0.2) is 5.78 Å². The van der Waals surface area contributed by atoms with Crippen molar-refractivity contribution in [3.8, 4) is 5.75 Å². The molecular weight excluding hydrogens is 396 g/mol. The minimum absolute atomic E-state index is 0.0720. The molecule has 0 aliphatic carbocycles. The van der Waals surface area contributed by atoms with Crippen LogP contribution in [0.4, 0.5) is 0 Å². The van der Waals surface area contributed by atoms with Crippen LogP contribution in [-0.2, 0) is 17.6 Å². The molecule has 5 nitrogen and oxygen atoms in total. The summed E-state index contributed by atoms with van der Waals surface area (Å²) in [6.45, 7) is 0. The molecule has 4 rings (SSSR count). The van der Waals surface area contributed by atoms with Crippen LogP contribution in [0.25, 0.3) is 10.8 Å². The largest absolute Gasteiger partial charge is 0.508 e. The normalized spacial score (nSPS) is 11.9. The van der Waals surface area contributed by atoms with Crippen LogP contribution < -0.4 is 5.32 Å².